The number of halogens is 3. The number of aromatic nitrogens is 5. The van der Waals surface area contributed by atoms with Crippen molar-refractivity contribution in [2.24, 2.45) is 0 Å². The molecule has 0 radical (unpaired) electrons. The molecule has 2 heterocycles. The summed E-state index contributed by atoms with van der Waals surface area (Å²) in [6.45, 7) is 3.60. The maximum absolute atomic E-state index is 13.0. The predicted molar refractivity (Wildman–Crippen MR) is 94.6 cm³/mol. The average Bonchev–Trinajstić information content (AvgIpc) is 3.28. The Labute approximate surface area is 157 Å². The first-order chi connectivity index (χ1) is 13.3. The zero-order valence-electron chi connectivity index (χ0n) is 14.9. The van der Waals surface area contributed by atoms with Gasteiger partial charge in [-0.15, -0.1) is 5.10 Å². The van der Waals surface area contributed by atoms with E-state index < -0.39 is 11.7 Å². The summed E-state index contributed by atoms with van der Waals surface area (Å²) in [5.41, 5.74) is 2.08. The molecular formula is C19H14F3N5O. The molecule has 0 spiro atoms. The van der Waals surface area contributed by atoms with Gasteiger partial charge in [0.2, 0.25) is 5.82 Å². The van der Waals surface area contributed by atoms with Crippen molar-refractivity contribution in [1.29, 1.82) is 0 Å². The maximum atomic E-state index is 13.0. The van der Waals surface area contributed by atoms with Crippen molar-refractivity contribution in [3.05, 3.63) is 65.4 Å². The van der Waals surface area contributed by atoms with Crippen molar-refractivity contribution in [3.8, 4) is 28.7 Å². The van der Waals surface area contributed by atoms with Crippen LogP contribution in [0, 0.1) is 13.8 Å². The summed E-state index contributed by atoms with van der Waals surface area (Å²) < 4.78 is 45.5. The number of alkyl halides is 3. The Morgan fingerprint density at radius 2 is 1.79 bits per heavy atom. The molecule has 142 valence electrons. The quantitative estimate of drug-likeness (QED) is 0.515. The molecule has 0 aliphatic carbocycles. The topological polar surface area (TPSA) is 69.6 Å². The van der Waals surface area contributed by atoms with Gasteiger partial charge >= 0.3 is 6.18 Å². The van der Waals surface area contributed by atoms with Crippen LogP contribution >= 0.6 is 0 Å². The van der Waals surface area contributed by atoms with E-state index in [1.54, 1.807) is 6.92 Å². The zero-order valence-corrected chi connectivity index (χ0v) is 14.9. The highest BCUT2D eigenvalue weighted by atomic mass is 19.4. The largest absolute Gasteiger partial charge is 0.416 e. The number of hydrogen-bond donors (Lipinski definition) is 0. The summed E-state index contributed by atoms with van der Waals surface area (Å²) in [7, 11) is 0. The molecule has 28 heavy (non-hydrogen) atoms. The molecule has 2 aromatic heterocycles. The van der Waals surface area contributed by atoms with E-state index >= 15 is 0 Å². The van der Waals surface area contributed by atoms with Gasteiger partial charge in [-0.1, -0.05) is 40.7 Å². The average molecular weight is 385 g/mol. The van der Waals surface area contributed by atoms with E-state index in [9.17, 15) is 13.2 Å². The van der Waals surface area contributed by atoms with Gasteiger partial charge in [0.15, 0.2) is 5.69 Å². The molecule has 0 atom stereocenters. The minimum absolute atomic E-state index is 0.147. The molecule has 0 unspecified atom stereocenters. The molecule has 6 nitrogen and oxygen atoms in total. The fourth-order valence-electron chi connectivity index (χ4n) is 2.84. The molecule has 0 bridgehead atoms. The lowest BCUT2D eigenvalue weighted by molar-refractivity contribution is -0.137. The Morgan fingerprint density at radius 3 is 2.54 bits per heavy atom. The molecule has 0 N–H and O–H groups in total. The van der Waals surface area contributed by atoms with Gasteiger partial charge < -0.3 is 4.52 Å². The van der Waals surface area contributed by atoms with Gasteiger partial charge in [0.25, 0.3) is 5.89 Å². The molecule has 4 aromatic rings. The Bertz CT molecular complexity index is 1150. The molecule has 0 aliphatic rings. The first-order valence-electron chi connectivity index (χ1n) is 8.34. The smallest absolute Gasteiger partial charge is 0.332 e. The summed E-state index contributed by atoms with van der Waals surface area (Å²) >= 11 is 0. The van der Waals surface area contributed by atoms with Gasteiger partial charge in [-0.3, -0.25) is 0 Å². The zero-order chi connectivity index (χ0) is 19.9. The molecule has 0 fully saturated rings. The third-order valence-corrected chi connectivity index (χ3v) is 4.33. The van der Waals surface area contributed by atoms with E-state index in [-0.39, 0.29) is 11.6 Å². The summed E-state index contributed by atoms with van der Waals surface area (Å²) in [6.07, 6.45) is -4.44. The Balaban J connectivity index is 1.72. The number of hydrogen-bond acceptors (Lipinski definition) is 5. The second-order valence-corrected chi connectivity index (χ2v) is 6.22. The Morgan fingerprint density at radius 1 is 1.00 bits per heavy atom. The summed E-state index contributed by atoms with van der Waals surface area (Å²) in [6, 6.07) is 12.4. The molecule has 0 saturated carbocycles. The van der Waals surface area contributed by atoms with Gasteiger partial charge in [0.05, 0.1) is 16.9 Å². The first-order valence-corrected chi connectivity index (χ1v) is 8.34. The minimum atomic E-state index is -4.44. The lowest BCUT2D eigenvalue weighted by Crippen LogP contribution is -2.07. The normalized spacial score (nSPS) is 11.8. The summed E-state index contributed by atoms with van der Waals surface area (Å²) in [5, 5.41) is 12.0. The highest BCUT2D eigenvalue weighted by Crippen LogP contribution is 2.31. The molecule has 0 aliphatic heterocycles. The second kappa shape index (κ2) is 6.59. The Hall–Kier alpha value is -3.49. The van der Waals surface area contributed by atoms with Crippen molar-refractivity contribution < 1.29 is 17.7 Å². The third-order valence-electron chi connectivity index (χ3n) is 4.33. The highest BCUT2D eigenvalue weighted by molar-refractivity contribution is 5.62. The lowest BCUT2D eigenvalue weighted by Gasteiger charge is -2.09. The van der Waals surface area contributed by atoms with Crippen molar-refractivity contribution >= 4 is 0 Å². The SMILES string of the molecule is Cc1ccccc1-c1noc(-c2nnn(-c3cccc(C(F)(F)F)c3)c2C)n1. The van der Waals surface area contributed by atoms with E-state index in [1.165, 1.54) is 16.8 Å². The highest BCUT2D eigenvalue weighted by Gasteiger charge is 2.31. The lowest BCUT2D eigenvalue weighted by atomic mass is 10.1. The van der Waals surface area contributed by atoms with E-state index in [0.717, 1.165) is 23.3 Å². The first kappa shape index (κ1) is 17.9. The fraction of sp³-hybridized carbons (Fsp3) is 0.158. The van der Waals surface area contributed by atoms with Crippen molar-refractivity contribution in [2.75, 3.05) is 0 Å². The van der Waals surface area contributed by atoms with Crippen LogP contribution in [0.15, 0.2) is 53.1 Å². The summed E-state index contributed by atoms with van der Waals surface area (Å²) in [5.74, 6) is 0.551. The van der Waals surface area contributed by atoms with Gasteiger partial charge in [0, 0.05) is 5.56 Å². The van der Waals surface area contributed by atoms with Crippen LogP contribution in [-0.2, 0) is 6.18 Å². The molecule has 4 rings (SSSR count). The number of aryl methyl sites for hydroxylation is 1. The van der Waals surface area contributed by atoms with Crippen LogP contribution < -0.4 is 0 Å². The second-order valence-electron chi connectivity index (χ2n) is 6.22. The van der Waals surface area contributed by atoms with Gasteiger partial charge in [-0.2, -0.15) is 18.2 Å². The van der Waals surface area contributed by atoms with Crippen molar-refractivity contribution in [1.82, 2.24) is 25.1 Å². The van der Waals surface area contributed by atoms with E-state index in [0.29, 0.717) is 17.2 Å². The van der Waals surface area contributed by atoms with Crippen LogP contribution in [0.25, 0.3) is 28.7 Å². The van der Waals surface area contributed by atoms with Crippen molar-refractivity contribution in [3.63, 3.8) is 0 Å². The van der Waals surface area contributed by atoms with Gasteiger partial charge in [0.1, 0.15) is 0 Å². The van der Waals surface area contributed by atoms with E-state index in [1.807, 2.05) is 31.2 Å². The molecule has 0 amide bonds. The van der Waals surface area contributed by atoms with Crippen molar-refractivity contribution in [2.45, 2.75) is 20.0 Å². The Kier molecular flexibility index (Phi) is 4.21. The molecule has 2 aromatic carbocycles. The predicted octanol–water partition coefficient (Wildman–Crippen LogP) is 4.62. The van der Waals surface area contributed by atoms with E-state index in [2.05, 4.69) is 20.5 Å². The summed E-state index contributed by atoms with van der Waals surface area (Å²) in [4.78, 5) is 4.36. The van der Waals surface area contributed by atoms with Crippen LogP contribution in [0.2, 0.25) is 0 Å². The minimum Gasteiger partial charge on any atom is -0.332 e. The number of benzene rings is 2. The monoisotopic (exact) mass is 385 g/mol. The van der Waals surface area contributed by atoms with Gasteiger partial charge in [-0.25, -0.2) is 4.68 Å². The van der Waals surface area contributed by atoms with Crippen LogP contribution in [-0.4, -0.2) is 25.1 Å². The molecule has 0 saturated heterocycles. The van der Waals surface area contributed by atoms with Gasteiger partial charge in [-0.05, 0) is 37.6 Å². The molecule has 9 heteroatoms. The third kappa shape index (κ3) is 3.15. The van der Waals surface area contributed by atoms with Crippen LogP contribution in [0.1, 0.15) is 16.8 Å². The van der Waals surface area contributed by atoms with Crippen LogP contribution in [0.3, 0.4) is 0 Å². The number of rotatable bonds is 3. The number of nitrogens with zero attached hydrogens (tertiary/aromatic N) is 5. The fourth-order valence-corrected chi connectivity index (χ4v) is 2.84. The maximum Gasteiger partial charge on any atom is 0.416 e. The van der Waals surface area contributed by atoms with Crippen LogP contribution in [0.5, 0.6) is 0 Å². The standard InChI is InChI=1S/C19H14F3N5O/c1-11-6-3-4-9-15(11)17-23-18(28-25-17)16-12(2)27(26-24-16)14-8-5-7-13(10-14)19(20,21)22/h3-10H,1-2H3. The van der Waals surface area contributed by atoms with E-state index in [4.69, 9.17) is 4.52 Å². The molecular weight excluding hydrogens is 371 g/mol. The van der Waals surface area contributed by atoms with Crippen LogP contribution in [0.4, 0.5) is 13.2 Å².